The molecule has 2 aromatic rings. The second-order valence-corrected chi connectivity index (χ2v) is 5.42. The van der Waals surface area contributed by atoms with Gasteiger partial charge in [0.15, 0.2) is 11.5 Å². The average molecular weight is 408 g/mol. The minimum Gasteiger partial charge on any atom is -0.493 e. The van der Waals surface area contributed by atoms with Gasteiger partial charge >= 0.3 is 17.8 Å². The normalized spacial score (nSPS) is 11.5. The highest BCUT2D eigenvalue weighted by molar-refractivity contribution is 5.96. The van der Waals surface area contributed by atoms with Crippen molar-refractivity contribution in [2.24, 2.45) is 0 Å². The molecule has 0 unspecified atom stereocenters. The summed E-state index contributed by atoms with van der Waals surface area (Å²) in [5, 5.41) is 28.8. The van der Waals surface area contributed by atoms with E-state index in [1.54, 1.807) is 0 Å². The highest BCUT2D eigenvalue weighted by Gasteiger charge is 2.33. The number of rotatable bonds is 6. The number of benzene rings is 2. The van der Waals surface area contributed by atoms with Crippen LogP contribution in [0.5, 0.6) is 17.2 Å². The van der Waals surface area contributed by atoms with Crippen LogP contribution in [0.3, 0.4) is 0 Å². The van der Waals surface area contributed by atoms with E-state index in [4.69, 9.17) is 19.8 Å². The van der Waals surface area contributed by atoms with Gasteiger partial charge in [-0.3, -0.25) is 10.1 Å². The summed E-state index contributed by atoms with van der Waals surface area (Å²) in [7, 11) is 1.24. The van der Waals surface area contributed by atoms with Crippen LogP contribution in [0.15, 0.2) is 42.0 Å². The number of halogens is 3. The Morgan fingerprint density at radius 2 is 1.86 bits per heavy atom. The van der Waals surface area contributed by atoms with E-state index in [1.165, 1.54) is 31.4 Å². The zero-order valence-electron chi connectivity index (χ0n) is 14.6. The minimum absolute atomic E-state index is 0.00984. The van der Waals surface area contributed by atoms with Gasteiger partial charge in [-0.05, 0) is 35.9 Å². The second-order valence-electron chi connectivity index (χ2n) is 5.42. The number of alkyl halides is 3. The van der Waals surface area contributed by atoms with Crippen LogP contribution in [0.4, 0.5) is 18.9 Å². The number of methoxy groups -OCH3 is 1. The Morgan fingerprint density at radius 1 is 1.21 bits per heavy atom. The Labute approximate surface area is 161 Å². The van der Waals surface area contributed by atoms with Crippen LogP contribution in [0.1, 0.15) is 11.1 Å². The molecule has 2 rings (SSSR count). The maximum absolute atomic E-state index is 12.8. The molecule has 0 aliphatic rings. The number of hydrogen-bond acceptors (Lipinski definition) is 6. The predicted molar refractivity (Wildman–Crippen MR) is 92.4 cm³/mol. The van der Waals surface area contributed by atoms with Gasteiger partial charge in [-0.15, -0.1) is 0 Å². The van der Waals surface area contributed by atoms with Crippen molar-refractivity contribution in [3.05, 3.63) is 63.2 Å². The molecule has 8 nitrogen and oxygen atoms in total. The number of carbonyl (C=O) groups is 1. The number of nitriles is 1. The highest BCUT2D eigenvalue weighted by Crippen LogP contribution is 2.40. The van der Waals surface area contributed by atoms with E-state index in [-0.39, 0.29) is 17.1 Å². The lowest BCUT2D eigenvalue weighted by Gasteiger charge is -2.12. The number of ether oxygens (including phenoxy) is 2. The summed E-state index contributed by atoms with van der Waals surface area (Å²) in [4.78, 5) is 21.0. The Morgan fingerprint density at radius 3 is 2.38 bits per heavy atom. The summed E-state index contributed by atoms with van der Waals surface area (Å²) in [6, 6.07) is 7.21. The summed E-state index contributed by atoms with van der Waals surface area (Å²) in [5.74, 6) is -1.95. The van der Waals surface area contributed by atoms with Gasteiger partial charge in [0.2, 0.25) is 5.75 Å². The Bertz CT molecular complexity index is 1040. The number of nitro benzene ring substituents is 1. The quantitative estimate of drug-likeness (QED) is 0.325. The Hall–Kier alpha value is -4.07. The van der Waals surface area contributed by atoms with Gasteiger partial charge in [0.05, 0.1) is 17.6 Å². The number of carboxylic acid groups (broad SMARTS) is 1. The first-order chi connectivity index (χ1) is 13.6. The third-order valence-electron chi connectivity index (χ3n) is 3.55. The third-order valence-corrected chi connectivity index (χ3v) is 3.55. The fourth-order valence-corrected chi connectivity index (χ4v) is 2.21. The molecule has 11 heteroatoms. The van der Waals surface area contributed by atoms with Gasteiger partial charge in [-0.25, -0.2) is 4.79 Å². The zero-order chi connectivity index (χ0) is 21.8. The molecule has 150 valence electrons. The predicted octanol–water partition coefficient (Wildman–Crippen LogP) is 4.41. The lowest BCUT2D eigenvalue weighted by molar-refractivity contribution is -0.385. The van der Waals surface area contributed by atoms with E-state index in [2.05, 4.69) is 0 Å². The van der Waals surface area contributed by atoms with Gasteiger partial charge < -0.3 is 14.6 Å². The third kappa shape index (κ3) is 5.01. The Balaban J connectivity index is 2.46. The lowest BCUT2D eigenvalue weighted by Crippen LogP contribution is -2.06. The van der Waals surface area contributed by atoms with Crippen molar-refractivity contribution < 1.29 is 37.5 Å². The molecule has 0 amide bonds. The monoisotopic (exact) mass is 408 g/mol. The Kier molecular flexibility index (Phi) is 6.08. The number of nitro groups is 1. The molecule has 1 N–H and O–H groups in total. The van der Waals surface area contributed by atoms with Crippen LogP contribution >= 0.6 is 0 Å². The van der Waals surface area contributed by atoms with E-state index in [1.807, 2.05) is 0 Å². The fourth-order valence-electron chi connectivity index (χ4n) is 2.21. The number of hydrogen-bond donors (Lipinski definition) is 1. The minimum atomic E-state index is -4.77. The van der Waals surface area contributed by atoms with Crippen LogP contribution in [0.2, 0.25) is 0 Å². The molecule has 0 atom stereocenters. The lowest BCUT2D eigenvalue weighted by atomic mass is 10.1. The smallest absolute Gasteiger partial charge is 0.416 e. The van der Waals surface area contributed by atoms with E-state index < -0.39 is 39.6 Å². The zero-order valence-corrected chi connectivity index (χ0v) is 14.6. The van der Waals surface area contributed by atoms with Crippen molar-refractivity contribution in [3.63, 3.8) is 0 Å². The molecule has 0 saturated heterocycles. The van der Waals surface area contributed by atoms with Gasteiger partial charge in [-0.2, -0.15) is 18.4 Å². The highest BCUT2D eigenvalue weighted by atomic mass is 19.4. The van der Waals surface area contributed by atoms with Gasteiger partial charge in [0.1, 0.15) is 11.6 Å². The van der Waals surface area contributed by atoms with Crippen molar-refractivity contribution in [2.45, 2.75) is 6.18 Å². The topological polar surface area (TPSA) is 123 Å². The summed E-state index contributed by atoms with van der Waals surface area (Å²) >= 11 is 0. The van der Waals surface area contributed by atoms with Crippen LogP contribution in [-0.4, -0.2) is 23.1 Å². The van der Waals surface area contributed by atoms with Crippen molar-refractivity contribution in [1.29, 1.82) is 5.26 Å². The first-order valence-corrected chi connectivity index (χ1v) is 7.63. The molecule has 0 aliphatic carbocycles. The van der Waals surface area contributed by atoms with Gasteiger partial charge in [0, 0.05) is 6.07 Å². The van der Waals surface area contributed by atoms with E-state index in [0.29, 0.717) is 12.1 Å². The molecule has 0 heterocycles. The molecular formula is C18H11F3N2O6. The summed E-state index contributed by atoms with van der Waals surface area (Å²) in [6.07, 6.45) is -3.70. The molecule has 0 aromatic heterocycles. The number of carboxylic acids is 1. The maximum atomic E-state index is 12.8. The van der Waals surface area contributed by atoms with Crippen molar-refractivity contribution >= 4 is 17.7 Å². The molecule has 29 heavy (non-hydrogen) atoms. The number of nitrogens with zero attached hydrogens (tertiary/aromatic N) is 2. The van der Waals surface area contributed by atoms with E-state index >= 15 is 0 Å². The van der Waals surface area contributed by atoms with Crippen LogP contribution in [0.25, 0.3) is 6.08 Å². The van der Waals surface area contributed by atoms with Crippen LogP contribution < -0.4 is 9.47 Å². The molecule has 0 spiro atoms. The SMILES string of the molecule is COc1cc(C=C(C#N)C(=O)O)ccc1Oc1ccc(C(F)(F)F)cc1[N+](=O)[O-]. The molecule has 0 aliphatic heterocycles. The van der Waals surface area contributed by atoms with Crippen molar-refractivity contribution in [2.75, 3.05) is 7.11 Å². The molecule has 2 aromatic carbocycles. The van der Waals surface area contributed by atoms with Crippen molar-refractivity contribution in [1.82, 2.24) is 0 Å². The van der Waals surface area contributed by atoms with Crippen LogP contribution in [-0.2, 0) is 11.0 Å². The molecule has 0 fully saturated rings. The maximum Gasteiger partial charge on any atom is 0.416 e. The first-order valence-electron chi connectivity index (χ1n) is 7.63. The molecular weight excluding hydrogens is 397 g/mol. The second kappa shape index (κ2) is 8.30. The number of aliphatic carboxylic acids is 1. The summed E-state index contributed by atoms with van der Waals surface area (Å²) in [5.41, 5.74) is -2.39. The van der Waals surface area contributed by atoms with Crippen LogP contribution in [0, 0.1) is 21.4 Å². The fraction of sp³-hybridized carbons (Fsp3) is 0.111. The molecule has 0 saturated carbocycles. The molecule has 0 bridgehead atoms. The standard InChI is InChI=1S/C18H11F3N2O6/c1-28-16-7-10(6-11(9-22)17(24)25)2-4-15(16)29-14-5-3-12(18(19,20)21)8-13(14)23(26)27/h2-8H,1H3,(H,24,25). The van der Waals surface area contributed by atoms with Gasteiger partial charge in [0.25, 0.3) is 0 Å². The summed E-state index contributed by atoms with van der Waals surface area (Å²) < 4.78 is 48.8. The van der Waals surface area contributed by atoms with Gasteiger partial charge in [-0.1, -0.05) is 6.07 Å². The van der Waals surface area contributed by atoms with E-state index in [0.717, 1.165) is 12.1 Å². The van der Waals surface area contributed by atoms with Crippen molar-refractivity contribution in [3.8, 4) is 23.3 Å². The first kappa shape index (κ1) is 21.2. The largest absolute Gasteiger partial charge is 0.493 e. The molecule has 0 radical (unpaired) electrons. The van der Waals surface area contributed by atoms with E-state index in [9.17, 15) is 28.1 Å². The summed E-state index contributed by atoms with van der Waals surface area (Å²) in [6.45, 7) is 0. The average Bonchev–Trinajstić information content (AvgIpc) is 2.65.